The van der Waals surface area contributed by atoms with Crippen LogP contribution >= 0.6 is 11.6 Å². The van der Waals surface area contributed by atoms with Crippen LogP contribution in [0.15, 0.2) is 24.3 Å². The van der Waals surface area contributed by atoms with Crippen LogP contribution in [0.2, 0.25) is 5.02 Å². The molecule has 1 aliphatic carbocycles. The zero-order valence-corrected chi connectivity index (χ0v) is 10.6. The Balaban J connectivity index is 1.93. The molecule has 88 valence electrons. The second-order valence-corrected chi connectivity index (χ2v) is 5.40. The van der Waals surface area contributed by atoms with Crippen molar-refractivity contribution in [2.45, 2.75) is 45.1 Å². The molecule has 1 saturated carbocycles. The van der Waals surface area contributed by atoms with Crippen LogP contribution in [-0.4, -0.2) is 6.04 Å². The Labute approximate surface area is 103 Å². The summed E-state index contributed by atoms with van der Waals surface area (Å²) in [6, 6.07) is 8.66. The van der Waals surface area contributed by atoms with Gasteiger partial charge in [-0.25, -0.2) is 0 Å². The van der Waals surface area contributed by atoms with Crippen LogP contribution in [0.3, 0.4) is 0 Å². The predicted molar refractivity (Wildman–Crippen MR) is 71.1 cm³/mol. The van der Waals surface area contributed by atoms with E-state index >= 15 is 0 Å². The predicted octanol–water partition coefficient (Wildman–Crippen LogP) is 4.72. The van der Waals surface area contributed by atoms with Gasteiger partial charge in [0.05, 0.1) is 0 Å². The topological polar surface area (TPSA) is 12.0 Å². The van der Waals surface area contributed by atoms with Gasteiger partial charge in [-0.3, -0.25) is 0 Å². The molecule has 2 atom stereocenters. The maximum atomic E-state index is 5.98. The molecule has 1 aliphatic rings. The summed E-state index contributed by atoms with van der Waals surface area (Å²) in [5, 5.41) is 4.41. The Morgan fingerprint density at radius 2 is 2.06 bits per heavy atom. The van der Waals surface area contributed by atoms with Gasteiger partial charge in [-0.2, -0.15) is 0 Å². The maximum absolute atomic E-state index is 5.98. The van der Waals surface area contributed by atoms with Crippen molar-refractivity contribution in [2.75, 3.05) is 5.32 Å². The zero-order chi connectivity index (χ0) is 11.4. The van der Waals surface area contributed by atoms with Crippen molar-refractivity contribution in [1.82, 2.24) is 0 Å². The van der Waals surface area contributed by atoms with Gasteiger partial charge >= 0.3 is 0 Å². The van der Waals surface area contributed by atoms with Crippen molar-refractivity contribution in [1.29, 1.82) is 0 Å². The highest BCUT2D eigenvalue weighted by molar-refractivity contribution is 6.30. The van der Waals surface area contributed by atoms with Gasteiger partial charge < -0.3 is 5.32 Å². The Bertz CT molecular complexity index is 337. The molecular formula is C14H20ClN. The van der Waals surface area contributed by atoms with E-state index in [1.807, 2.05) is 18.2 Å². The molecule has 1 aromatic carbocycles. The van der Waals surface area contributed by atoms with Crippen LogP contribution in [0, 0.1) is 5.92 Å². The summed E-state index contributed by atoms with van der Waals surface area (Å²) in [6.45, 7) is 2.36. The summed E-state index contributed by atoms with van der Waals surface area (Å²) < 4.78 is 0. The summed E-state index contributed by atoms with van der Waals surface area (Å²) >= 11 is 5.98. The second-order valence-electron chi connectivity index (χ2n) is 4.97. The lowest BCUT2D eigenvalue weighted by molar-refractivity contribution is 0.502. The van der Waals surface area contributed by atoms with E-state index in [9.17, 15) is 0 Å². The van der Waals surface area contributed by atoms with E-state index in [1.54, 1.807) is 0 Å². The van der Waals surface area contributed by atoms with Crippen LogP contribution < -0.4 is 5.32 Å². The number of halogens is 1. The average Bonchev–Trinajstić information content (AvgIpc) is 2.44. The standard InChI is InChI=1S/C14H20ClN/c1-11-4-2-6-13(9-8-11)16-14-7-3-5-12(15)10-14/h3,5,7,10-11,13,16H,2,4,6,8-9H2,1H3. The van der Waals surface area contributed by atoms with E-state index in [-0.39, 0.29) is 0 Å². The number of benzene rings is 1. The van der Waals surface area contributed by atoms with E-state index in [0.29, 0.717) is 6.04 Å². The lowest BCUT2D eigenvalue weighted by Gasteiger charge is -2.17. The minimum atomic E-state index is 0.628. The van der Waals surface area contributed by atoms with Crippen molar-refractivity contribution >= 4 is 17.3 Å². The molecule has 0 bridgehead atoms. The molecule has 2 heteroatoms. The third-order valence-corrected chi connectivity index (χ3v) is 3.69. The molecule has 0 saturated heterocycles. The molecule has 16 heavy (non-hydrogen) atoms. The van der Waals surface area contributed by atoms with E-state index < -0.39 is 0 Å². The fourth-order valence-corrected chi connectivity index (χ4v) is 2.64. The van der Waals surface area contributed by atoms with Crippen LogP contribution in [0.5, 0.6) is 0 Å². The van der Waals surface area contributed by atoms with Gasteiger partial charge in [0, 0.05) is 16.8 Å². The van der Waals surface area contributed by atoms with Crippen molar-refractivity contribution in [3.8, 4) is 0 Å². The summed E-state index contributed by atoms with van der Waals surface area (Å²) in [6.07, 6.45) is 6.65. The zero-order valence-electron chi connectivity index (χ0n) is 9.88. The molecule has 2 unspecified atom stereocenters. The minimum Gasteiger partial charge on any atom is -0.382 e. The van der Waals surface area contributed by atoms with Crippen LogP contribution in [0.1, 0.15) is 39.0 Å². The molecule has 0 spiro atoms. The highest BCUT2D eigenvalue weighted by atomic mass is 35.5. The first-order valence-electron chi connectivity index (χ1n) is 6.26. The van der Waals surface area contributed by atoms with E-state index in [2.05, 4.69) is 18.3 Å². The normalized spacial score (nSPS) is 26.1. The first-order valence-corrected chi connectivity index (χ1v) is 6.64. The van der Waals surface area contributed by atoms with Gasteiger partial charge in [-0.05, 0) is 43.4 Å². The molecule has 0 aliphatic heterocycles. The van der Waals surface area contributed by atoms with E-state index in [4.69, 9.17) is 11.6 Å². The fourth-order valence-electron chi connectivity index (χ4n) is 2.45. The van der Waals surface area contributed by atoms with Crippen LogP contribution in [-0.2, 0) is 0 Å². The summed E-state index contributed by atoms with van der Waals surface area (Å²) in [5.41, 5.74) is 1.16. The summed E-state index contributed by atoms with van der Waals surface area (Å²) in [5.74, 6) is 0.895. The van der Waals surface area contributed by atoms with Gasteiger partial charge in [0.1, 0.15) is 0 Å². The molecule has 0 heterocycles. The number of hydrogen-bond donors (Lipinski definition) is 1. The molecule has 2 rings (SSSR count). The van der Waals surface area contributed by atoms with Gasteiger partial charge in [0.2, 0.25) is 0 Å². The van der Waals surface area contributed by atoms with Gasteiger partial charge in [0.25, 0.3) is 0 Å². The number of nitrogens with one attached hydrogen (secondary N) is 1. The van der Waals surface area contributed by atoms with Gasteiger partial charge in [0.15, 0.2) is 0 Å². The molecule has 1 nitrogen and oxygen atoms in total. The Morgan fingerprint density at radius 3 is 2.88 bits per heavy atom. The van der Waals surface area contributed by atoms with E-state index in [0.717, 1.165) is 16.6 Å². The third-order valence-electron chi connectivity index (χ3n) is 3.45. The molecular weight excluding hydrogens is 218 g/mol. The summed E-state index contributed by atoms with van der Waals surface area (Å²) in [4.78, 5) is 0. The first kappa shape index (κ1) is 11.8. The van der Waals surface area contributed by atoms with Crippen LogP contribution in [0.25, 0.3) is 0 Å². The third kappa shape index (κ3) is 3.41. The lowest BCUT2D eigenvalue weighted by Crippen LogP contribution is -2.18. The van der Waals surface area contributed by atoms with Gasteiger partial charge in [-0.15, -0.1) is 0 Å². The number of hydrogen-bond acceptors (Lipinski definition) is 1. The maximum Gasteiger partial charge on any atom is 0.0426 e. The van der Waals surface area contributed by atoms with Crippen LogP contribution in [0.4, 0.5) is 5.69 Å². The summed E-state index contributed by atoms with van der Waals surface area (Å²) in [7, 11) is 0. The van der Waals surface area contributed by atoms with Crippen molar-refractivity contribution in [3.63, 3.8) is 0 Å². The monoisotopic (exact) mass is 237 g/mol. The Hall–Kier alpha value is -0.690. The van der Waals surface area contributed by atoms with Crippen molar-refractivity contribution in [2.24, 2.45) is 5.92 Å². The SMILES string of the molecule is CC1CCCC(Nc2cccc(Cl)c2)CC1. The second kappa shape index (κ2) is 5.58. The Morgan fingerprint density at radius 1 is 1.19 bits per heavy atom. The lowest BCUT2D eigenvalue weighted by atomic mass is 10.0. The van der Waals surface area contributed by atoms with Gasteiger partial charge in [-0.1, -0.05) is 37.4 Å². The molecule has 1 aromatic rings. The first-order chi connectivity index (χ1) is 7.74. The largest absolute Gasteiger partial charge is 0.382 e. The van der Waals surface area contributed by atoms with E-state index in [1.165, 1.54) is 32.1 Å². The number of rotatable bonds is 2. The quantitative estimate of drug-likeness (QED) is 0.734. The molecule has 0 aromatic heterocycles. The minimum absolute atomic E-state index is 0.628. The molecule has 0 amide bonds. The highest BCUT2D eigenvalue weighted by Crippen LogP contribution is 2.25. The van der Waals surface area contributed by atoms with Crippen molar-refractivity contribution in [3.05, 3.63) is 29.3 Å². The smallest absolute Gasteiger partial charge is 0.0426 e. The molecule has 1 fully saturated rings. The fraction of sp³-hybridized carbons (Fsp3) is 0.571. The van der Waals surface area contributed by atoms with Crippen molar-refractivity contribution < 1.29 is 0 Å². The highest BCUT2D eigenvalue weighted by Gasteiger charge is 2.15. The average molecular weight is 238 g/mol. The number of anilines is 1. The molecule has 0 radical (unpaired) electrons. The molecule has 1 N–H and O–H groups in total. The Kier molecular flexibility index (Phi) is 4.11.